The van der Waals surface area contributed by atoms with Crippen LogP contribution in [0.4, 0.5) is 0 Å². The molecule has 0 atom stereocenters. The molecule has 0 radical (unpaired) electrons. The molecule has 0 aliphatic rings. The van der Waals surface area contributed by atoms with Crippen LogP contribution >= 0.6 is 0 Å². The molecule has 0 saturated heterocycles. The molecule has 0 aliphatic carbocycles. The van der Waals surface area contributed by atoms with Crippen molar-refractivity contribution in [1.29, 1.82) is 0 Å². The molecule has 0 spiro atoms. The van der Waals surface area contributed by atoms with E-state index in [1.807, 2.05) is 36.4 Å². The number of hydrogen-bond donors (Lipinski definition) is 0. The Balaban J connectivity index is 2.42. The fraction of sp³-hybridized carbons (Fsp3) is 0.143. The smallest absolute Gasteiger partial charge is 0.177 e. The Labute approximate surface area is 98.5 Å². The third kappa shape index (κ3) is 1.43. The lowest BCUT2D eigenvalue weighted by Crippen LogP contribution is -1.82. The van der Waals surface area contributed by atoms with Gasteiger partial charge >= 0.3 is 0 Å². The molecule has 1 aromatic heterocycles. The SMILES string of the molecule is COc1ccc2oc3c(OC)cccc3c2c1. The predicted octanol–water partition coefficient (Wildman–Crippen LogP) is 3.60. The number of methoxy groups -OCH3 is 2. The molecule has 0 bridgehead atoms. The van der Waals surface area contributed by atoms with Gasteiger partial charge in [0.25, 0.3) is 0 Å². The summed E-state index contributed by atoms with van der Waals surface area (Å²) in [5.41, 5.74) is 1.61. The van der Waals surface area contributed by atoms with E-state index in [4.69, 9.17) is 13.9 Å². The van der Waals surface area contributed by atoms with Crippen LogP contribution in [0.5, 0.6) is 11.5 Å². The van der Waals surface area contributed by atoms with E-state index in [0.29, 0.717) is 0 Å². The molecule has 86 valence electrons. The van der Waals surface area contributed by atoms with Gasteiger partial charge in [-0.2, -0.15) is 0 Å². The van der Waals surface area contributed by atoms with Gasteiger partial charge < -0.3 is 13.9 Å². The molecule has 17 heavy (non-hydrogen) atoms. The second kappa shape index (κ2) is 3.70. The highest BCUT2D eigenvalue weighted by Crippen LogP contribution is 2.35. The van der Waals surface area contributed by atoms with Crippen LogP contribution in [0.15, 0.2) is 40.8 Å². The minimum atomic E-state index is 0.748. The summed E-state index contributed by atoms with van der Waals surface area (Å²) >= 11 is 0. The van der Waals surface area contributed by atoms with Crippen molar-refractivity contribution in [2.45, 2.75) is 0 Å². The summed E-state index contributed by atoms with van der Waals surface area (Å²) < 4.78 is 16.3. The number of para-hydroxylation sites is 1. The standard InChI is InChI=1S/C14H12O3/c1-15-9-6-7-12-11(8-9)10-4-3-5-13(16-2)14(10)17-12/h3-8H,1-2H3. The summed E-state index contributed by atoms with van der Waals surface area (Å²) in [6.07, 6.45) is 0. The van der Waals surface area contributed by atoms with E-state index in [1.165, 1.54) is 0 Å². The van der Waals surface area contributed by atoms with E-state index in [1.54, 1.807) is 14.2 Å². The maximum atomic E-state index is 5.79. The Hall–Kier alpha value is -2.16. The molecule has 3 heteroatoms. The van der Waals surface area contributed by atoms with Gasteiger partial charge in [0, 0.05) is 10.8 Å². The second-order valence-electron chi connectivity index (χ2n) is 3.80. The van der Waals surface area contributed by atoms with Crippen molar-refractivity contribution >= 4 is 21.9 Å². The summed E-state index contributed by atoms with van der Waals surface area (Å²) in [5, 5.41) is 2.08. The molecule has 0 fully saturated rings. The fourth-order valence-corrected chi connectivity index (χ4v) is 2.04. The van der Waals surface area contributed by atoms with Crippen LogP contribution in [0.1, 0.15) is 0 Å². The van der Waals surface area contributed by atoms with E-state index >= 15 is 0 Å². The Bertz CT molecular complexity index is 682. The van der Waals surface area contributed by atoms with Crippen LogP contribution in [0.3, 0.4) is 0 Å². The molecule has 3 nitrogen and oxygen atoms in total. The topological polar surface area (TPSA) is 31.6 Å². The summed E-state index contributed by atoms with van der Waals surface area (Å²) in [6.45, 7) is 0. The molecule has 0 amide bonds. The van der Waals surface area contributed by atoms with Crippen molar-refractivity contribution in [2.75, 3.05) is 14.2 Å². The molecular weight excluding hydrogens is 216 g/mol. The van der Waals surface area contributed by atoms with Gasteiger partial charge in [-0.15, -0.1) is 0 Å². The highest BCUT2D eigenvalue weighted by Gasteiger charge is 2.11. The first-order valence-corrected chi connectivity index (χ1v) is 5.37. The maximum Gasteiger partial charge on any atom is 0.177 e. The van der Waals surface area contributed by atoms with Crippen molar-refractivity contribution in [2.24, 2.45) is 0 Å². The third-order valence-electron chi connectivity index (χ3n) is 2.89. The number of fused-ring (bicyclic) bond motifs is 3. The van der Waals surface area contributed by atoms with Gasteiger partial charge in [-0.1, -0.05) is 12.1 Å². The first kappa shape index (κ1) is 10.0. The molecule has 0 aliphatic heterocycles. The van der Waals surface area contributed by atoms with E-state index in [2.05, 4.69) is 0 Å². The third-order valence-corrected chi connectivity index (χ3v) is 2.89. The quantitative estimate of drug-likeness (QED) is 0.671. The molecular formula is C14H12O3. The minimum absolute atomic E-state index is 0.748. The molecule has 3 aromatic rings. The van der Waals surface area contributed by atoms with Crippen LogP contribution in [0, 0.1) is 0 Å². The first-order chi connectivity index (χ1) is 8.33. The van der Waals surface area contributed by atoms with Crippen LogP contribution in [-0.2, 0) is 0 Å². The predicted molar refractivity (Wildman–Crippen MR) is 66.8 cm³/mol. The Morgan fingerprint density at radius 3 is 2.59 bits per heavy atom. The van der Waals surface area contributed by atoms with Crippen LogP contribution < -0.4 is 9.47 Å². The van der Waals surface area contributed by atoms with Gasteiger partial charge in [0.2, 0.25) is 0 Å². The van der Waals surface area contributed by atoms with Crippen LogP contribution in [-0.4, -0.2) is 14.2 Å². The highest BCUT2D eigenvalue weighted by atomic mass is 16.5. The van der Waals surface area contributed by atoms with Crippen LogP contribution in [0.25, 0.3) is 21.9 Å². The zero-order valence-electron chi connectivity index (χ0n) is 9.69. The maximum absolute atomic E-state index is 5.79. The lowest BCUT2D eigenvalue weighted by molar-refractivity contribution is 0.412. The lowest BCUT2D eigenvalue weighted by atomic mass is 10.1. The number of rotatable bonds is 2. The summed E-state index contributed by atoms with van der Waals surface area (Å²) in [5.74, 6) is 1.57. The van der Waals surface area contributed by atoms with Crippen molar-refractivity contribution in [3.05, 3.63) is 36.4 Å². The van der Waals surface area contributed by atoms with Gasteiger partial charge in [-0.05, 0) is 24.3 Å². The largest absolute Gasteiger partial charge is 0.497 e. The second-order valence-corrected chi connectivity index (χ2v) is 3.80. The number of benzene rings is 2. The van der Waals surface area contributed by atoms with Crippen molar-refractivity contribution in [3.8, 4) is 11.5 Å². The van der Waals surface area contributed by atoms with E-state index in [-0.39, 0.29) is 0 Å². The van der Waals surface area contributed by atoms with E-state index in [9.17, 15) is 0 Å². The summed E-state index contributed by atoms with van der Waals surface area (Å²) in [7, 11) is 3.30. The normalized spacial score (nSPS) is 10.9. The minimum Gasteiger partial charge on any atom is -0.497 e. The number of furan rings is 1. The lowest BCUT2D eigenvalue weighted by Gasteiger charge is -1.98. The van der Waals surface area contributed by atoms with Gasteiger partial charge in [0.15, 0.2) is 11.3 Å². The van der Waals surface area contributed by atoms with E-state index in [0.717, 1.165) is 33.4 Å². The monoisotopic (exact) mass is 228 g/mol. The van der Waals surface area contributed by atoms with Crippen molar-refractivity contribution in [1.82, 2.24) is 0 Å². The highest BCUT2D eigenvalue weighted by molar-refractivity contribution is 6.07. The van der Waals surface area contributed by atoms with Gasteiger partial charge in [0.1, 0.15) is 11.3 Å². The van der Waals surface area contributed by atoms with Gasteiger partial charge in [-0.25, -0.2) is 0 Å². The molecule has 3 rings (SSSR count). The number of hydrogen-bond acceptors (Lipinski definition) is 3. The van der Waals surface area contributed by atoms with Gasteiger partial charge in [-0.3, -0.25) is 0 Å². The molecule has 2 aromatic carbocycles. The zero-order chi connectivity index (χ0) is 11.8. The average molecular weight is 228 g/mol. The molecule has 0 saturated carbocycles. The van der Waals surface area contributed by atoms with Crippen LogP contribution in [0.2, 0.25) is 0 Å². The first-order valence-electron chi connectivity index (χ1n) is 5.37. The molecule has 0 N–H and O–H groups in total. The summed E-state index contributed by atoms with van der Waals surface area (Å²) in [4.78, 5) is 0. The van der Waals surface area contributed by atoms with Crippen molar-refractivity contribution < 1.29 is 13.9 Å². The Morgan fingerprint density at radius 1 is 0.941 bits per heavy atom. The molecule has 1 heterocycles. The van der Waals surface area contributed by atoms with Gasteiger partial charge in [0.05, 0.1) is 14.2 Å². The van der Waals surface area contributed by atoms with Crippen molar-refractivity contribution in [3.63, 3.8) is 0 Å². The summed E-state index contributed by atoms with van der Waals surface area (Å²) in [6, 6.07) is 11.6. The fourth-order valence-electron chi connectivity index (χ4n) is 2.04. The van der Waals surface area contributed by atoms with E-state index < -0.39 is 0 Å². The molecule has 0 unspecified atom stereocenters. The zero-order valence-corrected chi connectivity index (χ0v) is 9.69. The average Bonchev–Trinajstić information content (AvgIpc) is 2.76. The Kier molecular flexibility index (Phi) is 2.18. The number of ether oxygens (including phenoxy) is 2. The Morgan fingerprint density at radius 2 is 1.82 bits per heavy atom.